The molecule has 2 atom stereocenters. The van der Waals surface area contributed by atoms with Crippen LogP contribution in [0.5, 0.6) is 0 Å². The van der Waals surface area contributed by atoms with Gasteiger partial charge in [0.1, 0.15) is 0 Å². The molecule has 4 rings (SSSR count). The van der Waals surface area contributed by atoms with Gasteiger partial charge < -0.3 is 0 Å². The van der Waals surface area contributed by atoms with Gasteiger partial charge in [-0.3, -0.25) is 9.59 Å². The molecular formula is C24H36O2. The first-order valence-corrected chi connectivity index (χ1v) is 10.9. The van der Waals surface area contributed by atoms with Crippen LogP contribution in [-0.4, -0.2) is 11.6 Å². The molecule has 0 aromatic heterocycles. The molecular weight excluding hydrogens is 320 g/mol. The molecule has 144 valence electrons. The number of carbonyl (C=O) groups is 2. The second-order valence-electron chi connectivity index (χ2n) is 7.87. The molecule has 0 spiro atoms. The Bertz CT molecular complexity index is 541. The van der Waals surface area contributed by atoms with E-state index in [9.17, 15) is 9.59 Å². The van der Waals surface area contributed by atoms with Gasteiger partial charge in [0.15, 0.2) is 11.6 Å². The monoisotopic (exact) mass is 356 g/mol. The molecule has 26 heavy (non-hydrogen) atoms. The third-order valence-electron chi connectivity index (χ3n) is 6.04. The second-order valence-corrected chi connectivity index (χ2v) is 7.87. The van der Waals surface area contributed by atoms with Crippen LogP contribution in [0, 0.1) is 17.8 Å². The van der Waals surface area contributed by atoms with Gasteiger partial charge in [0.05, 0.1) is 0 Å². The molecule has 2 fully saturated rings. The van der Waals surface area contributed by atoms with Crippen LogP contribution in [0.2, 0.25) is 0 Å². The van der Waals surface area contributed by atoms with Gasteiger partial charge in [-0.2, -0.15) is 0 Å². The first-order chi connectivity index (χ1) is 12.7. The molecule has 0 aliphatic heterocycles. The largest absolute Gasteiger partial charge is 0.294 e. The lowest BCUT2D eigenvalue weighted by Crippen LogP contribution is -2.35. The van der Waals surface area contributed by atoms with E-state index in [-0.39, 0.29) is 23.4 Å². The van der Waals surface area contributed by atoms with Crippen LogP contribution >= 0.6 is 0 Å². The SMILES string of the molecule is CC.CC1CCCCC1.O=C1c2ccccc2C(=O)C2CCCCCC12. The molecule has 0 saturated heterocycles. The van der Waals surface area contributed by atoms with Crippen molar-refractivity contribution in [1.82, 2.24) is 0 Å². The summed E-state index contributed by atoms with van der Waals surface area (Å²) in [6.45, 7) is 6.36. The van der Waals surface area contributed by atoms with Crippen molar-refractivity contribution in [2.75, 3.05) is 0 Å². The Morgan fingerprint density at radius 1 is 0.654 bits per heavy atom. The fraction of sp³-hybridized carbons (Fsp3) is 0.667. The van der Waals surface area contributed by atoms with Crippen molar-refractivity contribution in [3.63, 3.8) is 0 Å². The lowest BCUT2D eigenvalue weighted by Gasteiger charge is -2.29. The van der Waals surface area contributed by atoms with E-state index in [2.05, 4.69) is 6.92 Å². The molecule has 2 unspecified atom stereocenters. The molecule has 0 radical (unpaired) electrons. The third kappa shape index (κ3) is 5.05. The minimum Gasteiger partial charge on any atom is -0.294 e. The van der Waals surface area contributed by atoms with Crippen molar-refractivity contribution in [1.29, 1.82) is 0 Å². The Hall–Kier alpha value is -1.44. The standard InChI is InChI=1S/C15H16O2.C7H14.C2H6/c16-14-10-6-2-1-3-7-11(10)15(17)13-9-5-4-8-12(13)14;1-7-5-3-2-4-6-7;1-2/h4-5,8-11H,1-3,6-7H2;7H,2-6H2,1H3;1-2H3. The van der Waals surface area contributed by atoms with Crippen molar-refractivity contribution in [3.05, 3.63) is 35.4 Å². The lowest BCUT2D eigenvalue weighted by molar-refractivity contribution is 0.0724. The molecule has 2 heteroatoms. The molecule has 1 aromatic rings. The summed E-state index contributed by atoms with van der Waals surface area (Å²) in [5.41, 5.74) is 1.31. The van der Waals surface area contributed by atoms with E-state index >= 15 is 0 Å². The van der Waals surface area contributed by atoms with Crippen LogP contribution in [-0.2, 0) is 0 Å². The molecule has 2 nitrogen and oxygen atoms in total. The number of benzene rings is 1. The minimum absolute atomic E-state index is 0.0418. The zero-order valence-electron chi connectivity index (χ0n) is 16.9. The maximum absolute atomic E-state index is 12.4. The molecule has 0 amide bonds. The van der Waals surface area contributed by atoms with Crippen LogP contribution < -0.4 is 0 Å². The van der Waals surface area contributed by atoms with Gasteiger partial charge in [0, 0.05) is 23.0 Å². The number of carbonyl (C=O) groups excluding carboxylic acids is 2. The van der Waals surface area contributed by atoms with Gasteiger partial charge in [-0.1, -0.05) is 96.4 Å². The molecule has 2 saturated carbocycles. The third-order valence-corrected chi connectivity index (χ3v) is 6.04. The van der Waals surface area contributed by atoms with E-state index in [4.69, 9.17) is 0 Å². The van der Waals surface area contributed by atoms with Gasteiger partial charge >= 0.3 is 0 Å². The van der Waals surface area contributed by atoms with Gasteiger partial charge in [0.2, 0.25) is 0 Å². The van der Waals surface area contributed by atoms with Crippen molar-refractivity contribution in [3.8, 4) is 0 Å². The fourth-order valence-electron chi connectivity index (χ4n) is 4.55. The molecule has 0 N–H and O–H groups in total. The second kappa shape index (κ2) is 10.6. The van der Waals surface area contributed by atoms with E-state index in [1.807, 2.05) is 26.0 Å². The van der Waals surface area contributed by atoms with Gasteiger partial charge in [-0.25, -0.2) is 0 Å². The van der Waals surface area contributed by atoms with Crippen molar-refractivity contribution < 1.29 is 9.59 Å². The Morgan fingerprint density at radius 2 is 1.04 bits per heavy atom. The van der Waals surface area contributed by atoms with Crippen LogP contribution in [0.3, 0.4) is 0 Å². The Balaban J connectivity index is 0.000000227. The number of ketones is 2. The zero-order chi connectivity index (χ0) is 18.9. The number of rotatable bonds is 0. The fourth-order valence-corrected chi connectivity index (χ4v) is 4.55. The number of Topliss-reactive ketones (excluding diaryl/α,β-unsaturated/α-hetero) is 2. The zero-order valence-corrected chi connectivity index (χ0v) is 16.9. The van der Waals surface area contributed by atoms with Crippen molar-refractivity contribution in [2.45, 2.75) is 85.0 Å². The number of hydrogen-bond acceptors (Lipinski definition) is 2. The maximum atomic E-state index is 12.4. The minimum atomic E-state index is -0.0418. The van der Waals surface area contributed by atoms with E-state index in [1.165, 1.54) is 32.1 Å². The highest BCUT2D eigenvalue weighted by molar-refractivity contribution is 6.15. The highest BCUT2D eigenvalue weighted by atomic mass is 16.1. The van der Waals surface area contributed by atoms with Crippen molar-refractivity contribution >= 4 is 11.6 Å². The predicted octanol–water partition coefficient (Wildman–Crippen LogP) is 6.87. The van der Waals surface area contributed by atoms with E-state index in [0.717, 1.165) is 38.0 Å². The lowest BCUT2D eigenvalue weighted by atomic mass is 9.72. The summed E-state index contributed by atoms with van der Waals surface area (Å²) in [7, 11) is 0. The van der Waals surface area contributed by atoms with Crippen LogP contribution in [0.1, 0.15) is 106 Å². The summed E-state index contributed by atoms with van der Waals surface area (Å²) < 4.78 is 0. The summed E-state index contributed by atoms with van der Waals surface area (Å²) in [4.78, 5) is 24.8. The molecule has 0 bridgehead atoms. The summed E-state index contributed by atoms with van der Waals surface area (Å²) >= 11 is 0. The Morgan fingerprint density at radius 3 is 1.38 bits per heavy atom. The molecule has 0 heterocycles. The van der Waals surface area contributed by atoms with Crippen LogP contribution in [0.4, 0.5) is 0 Å². The highest BCUT2D eigenvalue weighted by Gasteiger charge is 2.41. The first kappa shape index (κ1) is 20.9. The molecule has 3 aliphatic rings. The van der Waals surface area contributed by atoms with Crippen LogP contribution in [0.15, 0.2) is 24.3 Å². The summed E-state index contributed by atoms with van der Waals surface area (Å²) in [5.74, 6) is 1.35. The first-order valence-electron chi connectivity index (χ1n) is 10.9. The quantitative estimate of drug-likeness (QED) is 0.508. The normalized spacial score (nSPS) is 25.5. The Kier molecular flexibility index (Phi) is 8.54. The number of fused-ring (bicyclic) bond motifs is 2. The summed E-state index contributed by atoms with van der Waals surface area (Å²) in [6, 6.07) is 7.30. The smallest absolute Gasteiger partial charge is 0.167 e. The molecule has 3 aliphatic carbocycles. The van der Waals surface area contributed by atoms with E-state index in [1.54, 1.807) is 12.1 Å². The average molecular weight is 357 g/mol. The maximum Gasteiger partial charge on any atom is 0.167 e. The number of hydrogen-bond donors (Lipinski definition) is 0. The van der Waals surface area contributed by atoms with Gasteiger partial charge in [-0.05, 0) is 18.8 Å². The summed E-state index contributed by atoms with van der Waals surface area (Å²) in [6.07, 6.45) is 12.6. The van der Waals surface area contributed by atoms with E-state index < -0.39 is 0 Å². The van der Waals surface area contributed by atoms with E-state index in [0.29, 0.717) is 11.1 Å². The molecule has 1 aromatic carbocycles. The van der Waals surface area contributed by atoms with Gasteiger partial charge in [-0.15, -0.1) is 0 Å². The van der Waals surface area contributed by atoms with Crippen molar-refractivity contribution in [2.24, 2.45) is 17.8 Å². The average Bonchev–Trinajstić information content (AvgIpc) is 2.95. The highest BCUT2D eigenvalue weighted by Crippen LogP contribution is 2.38. The topological polar surface area (TPSA) is 34.1 Å². The Labute approximate surface area is 159 Å². The van der Waals surface area contributed by atoms with Gasteiger partial charge in [0.25, 0.3) is 0 Å². The van der Waals surface area contributed by atoms with Crippen LogP contribution in [0.25, 0.3) is 0 Å². The predicted molar refractivity (Wildman–Crippen MR) is 109 cm³/mol. The summed E-state index contributed by atoms with van der Waals surface area (Å²) in [5, 5.41) is 0.